The van der Waals surface area contributed by atoms with E-state index in [4.69, 9.17) is 26.2 Å². The number of rotatable bonds is 5. The molecule has 0 saturated heterocycles. The highest BCUT2D eigenvalue weighted by atomic mass is 16.3. The Morgan fingerprint density at radius 2 is 1.02 bits per heavy atom. The van der Waals surface area contributed by atoms with Crippen LogP contribution in [0.4, 0.5) is 0 Å². The first-order valence-corrected chi connectivity index (χ1v) is 13.9. The minimum Gasteiger partial charge on any atom is -0.455 e. The Labute approximate surface area is 256 Å². The van der Waals surface area contributed by atoms with E-state index in [2.05, 4.69) is 0 Å². The summed E-state index contributed by atoms with van der Waals surface area (Å²) in [6.07, 6.45) is 0. The molecule has 0 amide bonds. The summed E-state index contributed by atoms with van der Waals surface area (Å²) in [5.74, 6) is 1.70. The highest BCUT2D eigenvalue weighted by Crippen LogP contribution is 2.38. The molecule has 0 atom stereocenters. The number of fused-ring (bicyclic) bond motifs is 3. The van der Waals surface area contributed by atoms with Crippen molar-refractivity contribution in [2.75, 3.05) is 0 Å². The zero-order valence-corrected chi connectivity index (χ0v) is 22.8. The molecule has 8 aromatic rings. The van der Waals surface area contributed by atoms with Crippen LogP contribution >= 0.6 is 0 Å². The first-order valence-electron chi connectivity index (χ1n) is 16.4. The highest BCUT2D eigenvalue weighted by Gasteiger charge is 2.16. The number of nitrogens with zero attached hydrogens (tertiary/aromatic N) is 3. The summed E-state index contributed by atoms with van der Waals surface area (Å²) < 4.78 is 47.2. The lowest BCUT2D eigenvalue weighted by Crippen LogP contribution is -2.00. The quantitative estimate of drug-likeness (QED) is 0.212. The van der Waals surface area contributed by atoms with Crippen molar-refractivity contribution in [3.05, 3.63) is 152 Å². The van der Waals surface area contributed by atoms with Gasteiger partial charge in [0.1, 0.15) is 11.2 Å². The summed E-state index contributed by atoms with van der Waals surface area (Å²) in [5, 5.41) is 1.90. The summed E-state index contributed by atoms with van der Waals surface area (Å²) in [6, 6.07) is 37.4. The summed E-state index contributed by atoms with van der Waals surface area (Å²) >= 11 is 0. The average Bonchev–Trinajstić information content (AvgIpc) is 3.52. The third-order valence-corrected chi connectivity index (χ3v) is 7.44. The first kappa shape index (κ1) is 20.1. The zero-order chi connectivity index (χ0) is 32.9. The lowest BCUT2D eigenvalue weighted by Gasteiger charge is -2.08. The van der Waals surface area contributed by atoms with E-state index in [1.165, 1.54) is 0 Å². The molecule has 4 heteroatoms. The molecule has 0 unspecified atom stereocenters. The minimum absolute atomic E-state index is 0.172. The standard InChI is InChI=1S/C39H25N3O/c1-4-11-26(12-5-1)27-19-21-28(22-20-27)32-17-10-18-34-33-24-23-31(25-35(33)43-36(32)34)39-41-37(29-13-6-2-7-14-29)40-38(42-39)30-15-8-3-9-16-30/h1-25H/i1D,4D,5D,11D,12D. The molecular weight excluding hydrogens is 526 g/mol. The van der Waals surface area contributed by atoms with Crippen molar-refractivity contribution >= 4 is 21.9 Å². The molecule has 0 spiro atoms. The fourth-order valence-electron chi connectivity index (χ4n) is 5.31. The highest BCUT2D eigenvalue weighted by molar-refractivity contribution is 6.10. The topological polar surface area (TPSA) is 51.8 Å². The van der Waals surface area contributed by atoms with E-state index in [0.29, 0.717) is 34.2 Å². The molecule has 0 saturated carbocycles. The summed E-state index contributed by atoms with van der Waals surface area (Å²) in [7, 11) is 0. The van der Waals surface area contributed by atoms with Crippen LogP contribution in [-0.4, -0.2) is 15.0 Å². The monoisotopic (exact) mass is 556 g/mol. The molecule has 0 aliphatic heterocycles. The molecule has 2 heterocycles. The number of para-hydroxylation sites is 1. The second kappa shape index (κ2) is 10.5. The van der Waals surface area contributed by atoms with Gasteiger partial charge in [0.05, 0.1) is 6.85 Å². The zero-order valence-electron chi connectivity index (χ0n) is 27.8. The van der Waals surface area contributed by atoms with Crippen molar-refractivity contribution in [2.45, 2.75) is 0 Å². The predicted octanol–water partition coefficient (Wildman–Crippen LogP) is 10.1. The van der Waals surface area contributed by atoms with Crippen molar-refractivity contribution in [3.8, 4) is 56.4 Å². The van der Waals surface area contributed by atoms with Crippen LogP contribution in [0.25, 0.3) is 78.4 Å². The van der Waals surface area contributed by atoms with Crippen LogP contribution in [0, 0.1) is 0 Å². The summed E-state index contributed by atoms with van der Waals surface area (Å²) in [4.78, 5) is 14.5. The lowest BCUT2D eigenvalue weighted by molar-refractivity contribution is 0.670. The van der Waals surface area contributed by atoms with Gasteiger partial charge >= 0.3 is 0 Å². The molecule has 2 aromatic heterocycles. The second-order valence-electron chi connectivity index (χ2n) is 10.1. The fraction of sp³-hybridized carbons (Fsp3) is 0. The van der Waals surface area contributed by atoms with E-state index in [9.17, 15) is 0 Å². The lowest BCUT2D eigenvalue weighted by atomic mass is 9.99. The van der Waals surface area contributed by atoms with E-state index in [1.54, 1.807) is 12.1 Å². The third-order valence-electron chi connectivity index (χ3n) is 7.44. The van der Waals surface area contributed by atoms with Crippen molar-refractivity contribution in [3.63, 3.8) is 0 Å². The van der Waals surface area contributed by atoms with E-state index >= 15 is 0 Å². The maximum Gasteiger partial charge on any atom is 0.164 e. The van der Waals surface area contributed by atoms with Crippen LogP contribution in [-0.2, 0) is 0 Å². The van der Waals surface area contributed by atoms with Gasteiger partial charge in [0.15, 0.2) is 17.5 Å². The molecular formula is C39H25N3O. The normalized spacial score (nSPS) is 12.9. The number of aromatic nitrogens is 3. The van der Waals surface area contributed by atoms with Gasteiger partial charge in [-0.1, -0.05) is 139 Å². The Hall–Kier alpha value is -5.87. The molecule has 6 aromatic carbocycles. The van der Waals surface area contributed by atoms with Crippen molar-refractivity contribution < 1.29 is 11.3 Å². The molecule has 43 heavy (non-hydrogen) atoms. The molecule has 202 valence electrons. The molecule has 0 N–H and O–H groups in total. The fourth-order valence-corrected chi connectivity index (χ4v) is 5.31. The van der Waals surface area contributed by atoms with Gasteiger partial charge in [0, 0.05) is 33.0 Å². The Balaban J connectivity index is 1.22. The van der Waals surface area contributed by atoms with Crippen LogP contribution in [0.1, 0.15) is 6.85 Å². The number of hydrogen-bond acceptors (Lipinski definition) is 4. The smallest absolute Gasteiger partial charge is 0.164 e. The van der Waals surface area contributed by atoms with Crippen molar-refractivity contribution in [1.29, 1.82) is 0 Å². The first-order chi connectivity index (χ1) is 23.4. The van der Waals surface area contributed by atoms with Crippen molar-refractivity contribution in [2.24, 2.45) is 0 Å². The van der Waals surface area contributed by atoms with E-state index in [1.807, 2.05) is 109 Å². The van der Waals surface area contributed by atoms with Gasteiger partial charge in [-0.25, -0.2) is 15.0 Å². The summed E-state index contributed by atoms with van der Waals surface area (Å²) in [6.45, 7) is 0. The molecule has 4 nitrogen and oxygen atoms in total. The maximum atomic E-state index is 8.35. The average molecular weight is 557 g/mol. The minimum atomic E-state index is -0.408. The van der Waals surface area contributed by atoms with Crippen molar-refractivity contribution in [1.82, 2.24) is 15.0 Å². The van der Waals surface area contributed by atoms with Crippen LogP contribution < -0.4 is 0 Å². The number of furan rings is 1. The molecule has 0 aliphatic rings. The summed E-state index contributed by atoms with van der Waals surface area (Å²) in [5.41, 5.74) is 6.44. The van der Waals surface area contributed by atoms with E-state index < -0.39 is 6.04 Å². The Bertz CT molecular complexity index is 2410. The van der Waals surface area contributed by atoms with E-state index in [-0.39, 0.29) is 29.7 Å². The molecule has 0 aliphatic carbocycles. The number of hydrogen-bond donors (Lipinski definition) is 0. The maximum absolute atomic E-state index is 8.35. The third kappa shape index (κ3) is 4.65. The van der Waals surface area contributed by atoms with Gasteiger partial charge in [-0.05, 0) is 28.8 Å². The van der Waals surface area contributed by atoms with Gasteiger partial charge in [-0.15, -0.1) is 0 Å². The Morgan fingerprint density at radius 3 is 1.67 bits per heavy atom. The molecule has 0 fully saturated rings. The van der Waals surface area contributed by atoms with Gasteiger partial charge < -0.3 is 4.42 Å². The number of benzene rings is 6. The largest absolute Gasteiger partial charge is 0.455 e. The van der Waals surface area contributed by atoms with Crippen LogP contribution in [0.2, 0.25) is 0 Å². The van der Waals surface area contributed by atoms with Gasteiger partial charge in [-0.3, -0.25) is 0 Å². The van der Waals surface area contributed by atoms with Gasteiger partial charge in [0.25, 0.3) is 0 Å². The van der Waals surface area contributed by atoms with Gasteiger partial charge in [0.2, 0.25) is 0 Å². The SMILES string of the molecule is [2H]c1c([2H])c([2H])c(-c2ccc(-c3cccc4c3oc3cc(-c5nc(-c6ccccc6)nc(-c6ccccc6)n5)ccc34)cc2)c([2H])c1[2H]. The van der Waals surface area contributed by atoms with Crippen LogP contribution in [0.15, 0.2) is 156 Å². The Morgan fingerprint density at radius 1 is 0.442 bits per heavy atom. The molecule has 0 bridgehead atoms. The van der Waals surface area contributed by atoms with Gasteiger partial charge in [-0.2, -0.15) is 0 Å². The Kier molecular flexibility index (Phi) is 4.91. The predicted molar refractivity (Wildman–Crippen MR) is 174 cm³/mol. The van der Waals surface area contributed by atoms with E-state index in [0.717, 1.165) is 38.6 Å². The molecule has 0 radical (unpaired) electrons. The molecule has 8 rings (SSSR count). The second-order valence-corrected chi connectivity index (χ2v) is 10.1. The van der Waals surface area contributed by atoms with Crippen LogP contribution in [0.5, 0.6) is 0 Å². The van der Waals surface area contributed by atoms with Crippen LogP contribution in [0.3, 0.4) is 0 Å².